The summed E-state index contributed by atoms with van der Waals surface area (Å²) in [5.41, 5.74) is 3.99. The number of amidine groups is 1. The first-order valence-corrected chi connectivity index (χ1v) is 18.8. The Morgan fingerprint density at radius 2 is 1.61 bits per heavy atom. The number of carbonyl (C=O) groups excluding carboxylic acids is 1. The predicted molar refractivity (Wildman–Crippen MR) is 202 cm³/mol. The molecule has 1 aromatic heterocycles. The van der Waals surface area contributed by atoms with E-state index in [1.165, 1.54) is 24.3 Å². The molecular formula is C34H30ClN9O8S2. The van der Waals surface area contributed by atoms with Gasteiger partial charge in [0.1, 0.15) is 5.69 Å². The molecule has 0 aliphatic carbocycles. The number of phenols is 1. The molecule has 0 saturated heterocycles. The third-order valence-electron chi connectivity index (χ3n) is 7.39. The monoisotopic (exact) mass is 791 g/mol. The fourth-order valence-electron chi connectivity index (χ4n) is 4.84. The van der Waals surface area contributed by atoms with Crippen molar-refractivity contribution in [2.24, 2.45) is 15.3 Å². The number of halogens is 1. The van der Waals surface area contributed by atoms with Crippen LogP contribution in [0.5, 0.6) is 5.75 Å². The van der Waals surface area contributed by atoms with Crippen LogP contribution >= 0.6 is 11.6 Å². The summed E-state index contributed by atoms with van der Waals surface area (Å²) < 4.78 is 67.3. The highest BCUT2D eigenvalue weighted by atomic mass is 35.5. The Labute approximate surface area is 314 Å². The number of anilines is 5. The van der Waals surface area contributed by atoms with Crippen molar-refractivity contribution < 1.29 is 35.8 Å². The van der Waals surface area contributed by atoms with Gasteiger partial charge in [0, 0.05) is 23.4 Å². The zero-order valence-electron chi connectivity index (χ0n) is 28.1. The number of aldehydes is 1. The SMILES string of the molecule is C=CCc1cccc(N(CC)c2nc(Cl)nc(Nc3cc(S(=O)(=O)O)cc(NN=C(N=Nc4ccccc4C=O)c4ccc(S(=O)(=O)O)cc4)c3O)n2)c1. The van der Waals surface area contributed by atoms with Crippen molar-refractivity contribution in [3.05, 3.63) is 120 Å². The van der Waals surface area contributed by atoms with E-state index in [9.17, 15) is 35.8 Å². The van der Waals surface area contributed by atoms with Crippen molar-refractivity contribution in [1.82, 2.24) is 15.0 Å². The molecule has 0 aliphatic heterocycles. The largest absolute Gasteiger partial charge is 0.504 e. The zero-order valence-corrected chi connectivity index (χ0v) is 30.5. The normalized spacial score (nSPS) is 12.0. The molecule has 0 aliphatic rings. The Bertz CT molecular complexity index is 2500. The lowest BCUT2D eigenvalue weighted by Crippen LogP contribution is -2.20. The van der Waals surface area contributed by atoms with Crippen LogP contribution in [0, 0.1) is 0 Å². The zero-order chi connectivity index (χ0) is 39.0. The third-order valence-corrected chi connectivity index (χ3v) is 9.26. The van der Waals surface area contributed by atoms with Gasteiger partial charge in [-0.25, -0.2) is 0 Å². The smallest absolute Gasteiger partial charge is 0.294 e. The summed E-state index contributed by atoms with van der Waals surface area (Å²) in [4.78, 5) is 24.9. The highest BCUT2D eigenvalue weighted by Crippen LogP contribution is 2.37. The number of nitrogens with zero attached hydrogens (tertiary/aromatic N) is 7. The number of allylic oxidation sites excluding steroid dienone is 1. The molecule has 0 fully saturated rings. The lowest BCUT2D eigenvalue weighted by Gasteiger charge is -2.22. The van der Waals surface area contributed by atoms with Crippen LogP contribution in [0.25, 0.3) is 0 Å². The maximum Gasteiger partial charge on any atom is 0.294 e. The first-order valence-electron chi connectivity index (χ1n) is 15.6. The number of azo groups is 1. The van der Waals surface area contributed by atoms with E-state index in [0.29, 0.717) is 19.3 Å². The molecule has 0 atom stereocenters. The number of benzene rings is 4. The number of aromatic hydroxyl groups is 1. The summed E-state index contributed by atoms with van der Waals surface area (Å²) >= 11 is 6.27. The van der Waals surface area contributed by atoms with Gasteiger partial charge in [0.2, 0.25) is 23.0 Å². The van der Waals surface area contributed by atoms with E-state index in [1.54, 1.807) is 23.1 Å². The molecule has 54 heavy (non-hydrogen) atoms. The van der Waals surface area contributed by atoms with Crippen LogP contribution in [0.3, 0.4) is 0 Å². The number of hydrazone groups is 1. The molecule has 5 rings (SSSR count). The number of hydrogen-bond acceptors (Lipinski definition) is 14. The topological polar surface area (TPSA) is 249 Å². The van der Waals surface area contributed by atoms with Crippen molar-refractivity contribution >= 4 is 78.6 Å². The maximum atomic E-state index is 12.3. The average molecular weight is 792 g/mol. The molecule has 0 saturated carbocycles. The Hall–Kier alpha value is -6.12. The van der Waals surface area contributed by atoms with Gasteiger partial charge in [0.05, 0.1) is 21.2 Å². The van der Waals surface area contributed by atoms with Gasteiger partial charge in [-0.3, -0.25) is 19.3 Å². The van der Waals surface area contributed by atoms with E-state index in [2.05, 4.69) is 47.6 Å². The van der Waals surface area contributed by atoms with E-state index in [0.717, 1.165) is 35.5 Å². The summed E-state index contributed by atoms with van der Waals surface area (Å²) in [5.74, 6) is -0.965. The molecule has 5 aromatic rings. The predicted octanol–water partition coefficient (Wildman–Crippen LogP) is 6.72. The molecule has 0 unspecified atom stereocenters. The third kappa shape index (κ3) is 9.65. The van der Waals surface area contributed by atoms with Crippen LogP contribution in [-0.4, -0.2) is 64.7 Å². The second-order valence-corrected chi connectivity index (χ2v) is 14.2. The number of aromatic nitrogens is 3. The van der Waals surface area contributed by atoms with Gasteiger partial charge < -0.3 is 15.3 Å². The standard InChI is InChI=1S/C34H30ClN9O8S2/c1-3-8-21-9-7-11-24(17-21)44(4-2)34-38-32(35)37-33(39-34)36-28-18-26(54(50,51)52)19-29(30(28)46)41-43-31(22-13-15-25(16-14-22)53(47,48)49)42-40-27-12-6-5-10-23(27)20-45/h3,5-7,9-20,41,46H,1,4,8H2,2H3,(H,47,48,49)(H,50,51,52)(H,36,37,38,39). The number of carbonyl (C=O) groups is 1. The van der Waals surface area contributed by atoms with Gasteiger partial charge in [-0.2, -0.15) is 36.9 Å². The van der Waals surface area contributed by atoms with Crippen molar-refractivity contribution in [2.75, 3.05) is 22.2 Å². The number of rotatable bonds is 14. The first-order chi connectivity index (χ1) is 25.7. The Balaban J connectivity index is 1.56. The summed E-state index contributed by atoms with van der Waals surface area (Å²) in [6.07, 6.45) is 2.95. The van der Waals surface area contributed by atoms with Crippen LogP contribution in [0.15, 0.2) is 123 Å². The quantitative estimate of drug-likeness (QED) is 0.0114. The van der Waals surface area contributed by atoms with E-state index >= 15 is 0 Å². The second-order valence-electron chi connectivity index (χ2n) is 11.0. The summed E-state index contributed by atoms with van der Waals surface area (Å²) in [6, 6.07) is 20.2. The van der Waals surface area contributed by atoms with Gasteiger partial charge in [-0.1, -0.05) is 30.3 Å². The Kier molecular flexibility index (Phi) is 12.1. The Morgan fingerprint density at radius 1 is 0.907 bits per heavy atom. The number of phenolic OH excluding ortho intramolecular Hbond substituents is 1. The molecule has 0 amide bonds. The van der Waals surface area contributed by atoms with Crippen LogP contribution in [0.2, 0.25) is 5.28 Å². The number of hydrogen-bond donors (Lipinski definition) is 5. The molecule has 1 heterocycles. The van der Waals surface area contributed by atoms with E-state index in [-0.39, 0.29) is 51.2 Å². The molecule has 0 radical (unpaired) electrons. The van der Waals surface area contributed by atoms with Crippen LogP contribution in [0.4, 0.5) is 34.6 Å². The highest BCUT2D eigenvalue weighted by molar-refractivity contribution is 7.86. The molecule has 20 heteroatoms. The van der Waals surface area contributed by atoms with E-state index in [1.807, 2.05) is 31.2 Å². The Morgan fingerprint density at radius 3 is 2.28 bits per heavy atom. The van der Waals surface area contributed by atoms with Crippen molar-refractivity contribution in [3.8, 4) is 5.75 Å². The van der Waals surface area contributed by atoms with Crippen LogP contribution < -0.4 is 15.6 Å². The lowest BCUT2D eigenvalue weighted by atomic mass is 10.1. The van der Waals surface area contributed by atoms with Crippen molar-refractivity contribution in [3.63, 3.8) is 0 Å². The molecular weight excluding hydrogens is 762 g/mol. The van der Waals surface area contributed by atoms with Gasteiger partial charge in [0.25, 0.3) is 20.2 Å². The average Bonchev–Trinajstić information content (AvgIpc) is 3.13. The molecule has 5 N–H and O–H groups in total. The molecule has 0 spiro atoms. The summed E-state index contributed by atoms with van der Waals surface area (Å²) in [5, 5.41) is 26.1. The molecule has 17 nitrogen and oxygen atoms in total. The van der Waals surface area contributed by atoms with E-state index in [4.69, 9.17) is 11.6 Å². The van der Waals surface area contributed by atoms with Gasteiger partial charge in [-0.15, -0.1) is 16.8 Å². The minimum absolute atomic E-state index is 0.121. The lowest BCUT2D eigenvalue weighted by molar-refractivity contribution is 0.112. The van der Waals surface area contributed by atoms with Crippen LogP contribution in [0.1, 0.15) is 28.4 Å². The summed E-state index contributed by atoms with van der Waals surface area (Å²) in [7, 11) is -9.44. The van der Waals surface area contributed by atoms with Gasteiger partial charge in [0.15, 0.2) is 12.0 Å². The van der Waals surface area contributed by atoms with Crippen molar-refractivity contribution in [1.29, 1.82) is 0 Å². The first kappa shape index (κ1) is 39.1. The second kappa shape index (κ2) is 16.7. The van der Waals surface area contributed by atoms with E-state index < -0.39 is 35.8 Å². The van der Waals surface area contributed by atoms with Gasteiger partial charge in [-0.05, 0) is 91.2 Å². The molecule has 4 aromatic carbocycles. The highest BCUT2D eigenvalue weighted by Gasteiger charge is 2.21. The molecule has 278 valence electrons. The fourth-order valence-corrected chi connectivity index (χ4v) is 6.01. The maximum absolute atomic E-state index is 12.3. The fraction of sp³-hybridized carbons (Fsp3) is 0.0882. The minimum atomic E-state index is -4.89. The molecule has 0 bridgehead atoms. The summed E-state index contributed by atoms with van der Waals surface area (Å²) in [6.45, 7) is 6.05. The minimum Gasteiger partial charge on any atom is -0.504 e. The number of nitrogens with one attached hydrogen (secondary N) is 2. The van der Waals surface area contributed by atoms with Crippen molar-refractivity contribution in [2.45, 2.75) is 23.1 Å². The van der Waals surface area contributed by atoms with Gasteiger partial charge >= 0.3 is 0 Å². The van der Waals surface area contributed by atoms with Crippen LogP contribution in [-0.2, 0) is 26.7 Å².